The quantitative estimate of drug-likeness (QED) is 0.729. The fourth-order valence-electron chi connectivity index (χ4n) is 4.47. The standard InChI is InChI=1S/C18H34N2O2/c1-11(2)16(21)18(3,4)10-20-17(22)14-8-12-6-5-7-13(9-14)15(12)19/h11-16,21H,5-10,19H2,1-4H3,(H,20,22). The number of carbonyl (C=O) groups is 1. The number of carbonyl (C=O) groups excluding carboxylic acids is 1. The molecule has 128 valence electrons. The third-order valence-electron chi connectivity index (χ3n) is 5.93. The molecule has 2 aliphatic carbocycles. The highest BCUT2D eigenvalue weighted by molar-refractivity contribution is 5.78. The van der Waals surface area contributed by atoms with Gasteiger partial charge in [-0.2, -0.15) is 0 Å². The van der Waals surface area contributed by atoms with Crippen LogP contribution in [0.15, 0.2) is 0 Å². The molecule has 2 rings (SSSR count). The van der Waals surface area contributed by atoms with E-state index in [-0.39, 0.29) is 23.2 Å². The number of nitrogens with two attached hydrogens (primary N) is 1. The Hall–Kier alpha value is -0.610. The minimum absolute atomic E-state index is 0.113. The highest BCUT2D eigenvalue weighted by atomic mass is 16.3. The molecular formula is C18H34N2O2. The average molecular weight is 310 g/mol. The molecule has 22 heavy (non-hydrogen) atoms. The predicted molar refractivity (Wildman–Crippen MR) is 89.2 cm³/mol. The summed E-state index contributed by atoms with van der Waals surface area (Å²) in [5, 5.41) is 13.4. The van der Waals surface area contributed by atoms with Crippen molar-refractivity contribution in [3.63, 3.8) is 0 Å². The van der Waals surface area contributed by atoms with E-state index in [0.717, 1.165) is 12.8 Å². The van der Waals surface area contributed by atoms with Gasteiger partial charge in [0, 0.05) is 23.9 Å². The molecule has 2 fully saturated rings. The monoisotopic (exact) mass is 310 g/mol. The van der Waals surface area contributed by atoms with E-state index in [1.165, 1.54) is 19.3 Å². The van der Waals surface area contributed by atoms with Crippen LogP contribution in [-0.2, 0) is 4.79 Å². The summed E-state index contributed by atoms with van der Waals surface area (Å²) in [7, 11) is 0. The number of hydrogen-bond acceptors (Lipinski definition) is 3. The van der Waals surface area contributed by atoms with Gasteiger partial charge < -0.3 is 16.2 Å². The van der Waals surface area contributed by atoms with Gasteiger partial charge in [0.2, 0.25) is 5.91 Å². The third kappa shape index (κ3) is 3.83. The Morgan fingerprint density at radius 1 is 1.27 bits per heavy atom. The maximum Gasteiger partial charge on any atom is 0.223 e. The third-order valence-corrected chi connectivity index (χ3v) is 5.93. The maximum absolute atomic E-state index is 12.5. The summed E-state index contributed by atoms with van der Waals surface area (Å²) in [4.78, 5) is 12.5. The highest BCUT2D eigenvalue weighted by Crippen LogP contribution is 2.42. The molecule has 2 aliphatic rings. The summed E-state index contributed by atoms with van der Waals surface area (Å²) < 4.78 is 0. The molecule has 3 unspecified atom stereocenters. The fourth-order valence-corrected chi connectivity index (χ4v) is 4.47. The second-order valence-electron chi connectivity index (χ2n) is 8.59. The molecule has 1 amide bonds. The zero-order valence-electron chi connectivity index (χ0n) is 14.6. The van der Waals surface area contributed by atoms with Gasteiger partial charge in [-0.25, -0.2) is 0 Å². The maximum atomic E-state index is 12.5. The first-order chi connectivity index (χ1) is 10.2. The molecule has 0 saturated heterocycles. The van der Waals surface area contributed by atoms with E-state index < -0.39 is 6.10 Å². The van der Waals surface area contributed by atoms with Gasteiger partial charge >= 0.3 is 0 Å². The van der Waals surface area contributed by atoms with Crippen LogP contribution in [-0.4, -0.2) is 29.7 Å². The van der Waals surface area contributed by atoms with Gasteiger partial charge in [-0.1, -0.05) is 34.1 Å². The molecule has 0 heterocycles. The molecule has 0 aliphatic heterocycles. The van der Waals surface area contributed by atoms with E-state index in [2.05, 4.69) is 5.32 Å². The first-order valence-electron chi connectivity index (χ1n) is 8.93. The summed E-state index contributed by atoms with van der Waals surface area (Å²) in [6, 6.07) is 0.303. The fraction of sp³-hybridized carbons (Fsp3) is 0.944. The largest absolute Gasteiger partial charge is 0.392 e. The van der Waals surface area contributed by atoms with Crippen molar-refractivity contribution in [1.29, 1.82) is 0 Å². The lowest BCUT2D eigenvalue weighted by Crippen LogP contribution is -2.50. The van der Waals surface area contributed by atoms with Crippen LogP contribution in [0.1, 0.15) is 59.8 Å². The van der Waals surface area contributed by atoms with Gasteiger partial charge in [-0.05, 0) is 43.4 Å². The van der Waals surface area contributed by atoms with Crippen LogP contribution < -0.4 is 11.1 Å². The number of aliphatic hydroxyl groups is 1. The number of fused-ring (bicyclic) bond motifs is 2. The molecule has 0 aromatic rings. The van der Waals surface area contributed by atoms with E-state index in [4.69, 9.17) is 5.73 Å². The van der Waals surface area contributed by atoms with Crippen LogP contribution in [0.25, 0.3) is 0 Å². The van der Waals surface area contributed by atoms with Crippen LogP contribution in [0.4, 0.5) is 0 Å². The minimum Gasteiger partial charge on any atom is -0.392 e. The number of hydrogen-bond donors (Lipinski definition) is 3. The van der Waals surface area contributed by atoms with Crippen molar-refractivity contribution < 1.29 is 9.90 Å². The van der Waals surface area contributed by atoms with Crippen LogP contribution in [0.5, 0.6) is 0 Å². The number of nitrogens with one attached hydrogen (secondary N) is 1. The van der Waals surface area contributed by atoms with Crippen LogP contribution in [0.3, 0.4) is 0 Å². The molecule has 3 atom stereocenters. The first-order valence-corrected chi connectivity index (χ1v) is 8.93. The lowest BCUT2D eigenvalue weighted by Gasteiger charge is -2.43. The molecule has 0 aromatic carbocycles. The lowest BCUT2D eigenvalue weighted by atomic mass is 9.65. The van der Waals surface area contributed by atoms with Crippen molar-refractivity contribution in [1.82, 2.24) is 5.32 Å². The molecule has 4 heteroatoms. The summed E-state index contributed by atoms with van der Waals surface area (Å²) in [6.45, 7) is 8.59. The first kappa shape index (κ1) is 17.7. The van der Waals surface area contributed by atoms with Gasteiger partial charge in [0.1, 0.15) is 0 Å². The Balaban J connectivity index is 1.88. The van der Waals surface area contributed by atoms with Gasteiger partial charge in [-0.15, -0.1) is 0 Å². The van der Waals surface area contributed by atoms with E-state index in [0.29, 0.717) is 24.4 Å². The molecule has 2 bridgehead atoms. The molecular weight excluding hydrogens is 276 g/mol. The van der Waals surface area contributed by atoms with Crippen LogP contribution in [0.2, 0.25) is 0 Å². The van der Waals surface area contributed by atoms with Gasteiger partial charge in [0.25, 0.3) is 0 Å². The van der Waals surface area contributed by atoms with Crippen molar-refractivity contribution in [2.75, 3.05) is 6.54 Å². The number of rotatable bonds is 5. The minimum atomic E-state index is -0.410. The second-order valence-corrected chi connectivity index (χ2v) is 8.59. The number of amides is 1. The lowest BCUT2D eigenvalue weighted by molar-refractivity contribution is -0.128. The van der Waals surface area contributed by atoms with E-state index in [1.807, 2.05) is 27.7 Å². The molecule has 0 spiro atoms. The van der Waals surface area contributed by atoms with E-state index >= 15 is 0 Å². The van der Waals surface area contributed by atoms with Crippen LogP contribution >= 0.6 is 0 Å². The molecule has 4 N–H and O–H groups in total. The van der Waals surface area contributed by atoms with Crippen molar-refractivity contribution in [3.8, 4) is 0 Å². The van der Waals surface area contributed by atoms with Gasteiger partial charge in [-0.3, -0.25) is 4.79 Å². The Morgan fingerprint density at radius 2 is 1.82 bits per heavy atom. The predicted octanol–water partition coefficient (Wildman–Crippen LogP) is 2.30. The van der Waals surface area contributed by atoms with Gasteiger partial charge in [0.15, 0.2) is 0 Å². The normalized spacial score (nSPS) is 33.6. The van der Waals surface area contributed by atoms with Crippen molar-refractivity contribution in [3.05, 3.63) is 0 Å². The summed E-state index contributed by atoms with van der Waals surface area (Å²) >= 11 is 0. The number of aliphatic hydroxyl groups excluding tert-OH is 1. The zero-order chi connectivity index (χ0) is 16.5. The summed E-state index contributed by atoms with van der Waals surface area (Å²) in [5.74, 6) is 1.52. The molecule has 4 nitrogen and oxygen atoms in total. The zero-order valence-corrected chi connectivity index (χ0v) is 14.6. The van der Waals surface area contributed by atoms with Crippen molar-refractivity contribution in [2.45, 2.75) is 71.9 Å². The summed E-state index contributed by atoms with van der Waals surface area (Å²) in [5.41, 5.74) is 6.00. The molecule has 0 aromatic heterocycles. The van der Waals surface area contributed by atoms with Gasteiger partial charge in [0.05, 0.1) is 6.10 Å². The summed E-state index contributed by atoms with van der Waals surface area (Å²) in [6.07, 6.45) is 5.10. The topological polar surface area (TPSA) is 75.3 Å². The van der Waals surface area contributed by atoms with E-state index in [1.54, 1.807) is 0 Å². The Bertz CT molecular complexity index is 381. The highest BCUT2D eigenvalue weighted by Gasteiger charge is 2.41. The smallest absolute Gasteiger partial charge is 0.223 e. The van der Waals surface area contributed by atoms with Crippen molar-refractivity contribution >= 4 is 5.91 Å². The molecule has 0 radical (unpaired) electrons. The van der Waals surface area contributed by atoms with Crippen LogP contribution in [0, 0.1) is 29.1 Å². The second kappa shape index (κ2) is 6.88. The van der Waals surface area contributed by atoms with E-state index in [9.17, 15) is 9.90 Å². The Morgan fingerprint density at radius 3 is 2.32 bits per heavy atom. The van der Waals surface area contributed by atoms with Crippen molar-refractivity contribution in [2.24, 2.45) is 34.8 Å². The Kier molecular flexibility index (Phi) is 5.54. The Labute approximate surface area is 135 Å². The SMILES string of the molecule is CC(C)C(O)C(C)(C)CNC(=O)C1CC2CCCC(C1)C2N. The average Bonchev–Trinajstić information content (AvgIpc) is 2.43. The molecule has 2 saturated carbocycles.